The van der Waals surface area contributed by atoms with Crippen LogP contribution in [-0.4, -0.2) is 195 Å². The van der Waals surface area contributed by atoms with Gasteiger partial charge in [0.1, 0.15) is 17.5 Å². The number of aromatic amines is 3. The Hall–Kier alpha value is -12.9. The maximum atomic E-state index is 4.83. The number of piperazine rings is 3. The molecule has 9 aliphatic heterocycles. The summed E-state index contributed by atoms with van der Waals surface area (Å²) < 4.78 is 2.10. The molecule has 0 aliphatic carbocycles. The van der Waals surface area contributed by atoms with E-state index >= 15 is 0 Å². The van der Waals surface area contributed by atoms with Crippen LogP contribution in [0.4, 0.5) is 17.5 Å². The average Bonchev–Trinajstić information content (AvgIpc) is 1.60. The first-order valence-corrected chi connectivity index (χ1v) is 41.8. The minimum atomic E-state index is 0.532. The number of aryl methyl sites for hydroxylation is 7. The average molecular weight is 1600 g/mol. The molecule has 0 aromatic carbocycles. The number of anilines is 3. The van der Waals surface area contributed by atoms with Crippen molar-refractivity contribution in [1.82, 2.24) is 120 Å². The zero-order valence-electron chi connectivity index (χ0n) is 67.8. The van der Waals surface area contributed by atoms with E-state index in [2.05, 4.69) is 204 Å². The van der Waals surface area contributed by atoms with Crippen LogP contribution in [0.5, 0.6) is 0 Å². The molecule has 598 valence electrons. The highest BCUT2D eigenvalue weighted by Crippen LogP contribution is 2.40. The van der Waals surface area contributed by atoms with Gasteiger partial charge >= 0.3 is 0 Å². The quantitative estimate of drug-likeness (QED) is 0.0602. The molecule has 0 spiro atoms. The maximum Gasteiger partial charge on any atom is 0.161 e. The standard InChI is InChI=1S/C31H33N9.C31H31N9.C29H29N9S/c1-20-11-24(13-25-12-21(2)36-37-25)35-31(34-20)23-7-9-30(33-16-23)39-18-26-14-27(19-39)40(26)17-22-6-8-28(32-15-22)29-5-4-10-38(29)3;1-20-11-24(13-25-12-21(2)37-38-25)36-31(35-20)23-7-9-30(34-16-23)39-18-26-14-27(19-39)40(26)17-22-6-8-29(33-15-22)28-5-3-4-10-32-28;1-18-7-22(9-23-8-19(2)35-36-23)34-29(33-18)21-4-6-28(31-12-21)37-14-24-10-25(15-37)38(24)13-20-3-5-26(30-11-20)27-16-39-17-32-27/h4-12,15-16,26-27H,13-14,17-19H2,1-3H3,(H,36,37);3-12,15-16,26-27H,13-14,17-19H2,1-2H3,(H,37,38);3-8,11-12,16-17,24-25H,9-10,13-15H2,1-2H3,(H,35,36). The third kappa shape index (κ3) is 17.2. The first-order valence-electron chi connectivity index (χ1n) is 40.9. The fraction of sp³-hybridized carbons (Fsp3) is 0.308. The first kappa shape index (κ1) is 76.1. The van der Waals surface area contributed by atoms with Gasteiger partial charge in [0.25, 0.3) is 0 Å². The van der Waals surface area contributed by atoms with Crippen LogP contribution in [0, 0.1) is 41.5 Å². The third-order valence-electron chi connectivity index (χ3n) is 23.5. The van der Waals surface area contributed by atoms with Gasteiger partial charge in [-0.25, -0.2) is 49.8 Å². The molecule has 27 nitrogen and oxygen atoms in total. The van der Waals surface area contributed by atoms with Crippen molar-refractivity contribution >= 4 is 28.8 Å². The summed E-state index contributed by atoms with van der Waals surface area (Å²) in [6.07, 6.45) is 21.3. The maximum absolute atomic E-state index is 4.83. The molecule has 15 aromatic rings. The molecule has 119 heavy (non-hydrogen) atoms. The van der Waals surface area contributed by atoms with E-state index in [-0.39, 0.29) is 0 Å². The Labute approximate surface area is 694 Å². The van der Waals surface area contributed by atoms with Crippen molar-refractivity contribution in [2.75, 3.05) is 54.0 Å². The molecule has 0 saturated carbocycles. The highest BCUT2D eigenvalue weighted by atomic mass is 32.1. The summed E-state index contributed by atoms with van der Waals surface area (Å²) in [5, 5.41) is 24.1. The van der Waals surface area contributed by atoms with Gasteiger partial charge in [-0.05, 0) is 193 Å². The lowest BCUT2D eigenvalue weighted by Gasteiger charge is -2.56. The summed E-state index contributed by atoms with van der Waals surface area (Å²) in [6.45, 7) is 20.8. The smallest absolute Gasteiger partial charge is 0.161 e. The number of nitrogens with zero attached hydrogens (tertiary/aromatic N) is 24. The van der Waals surface area contributed by atoms with Gasteiger partial charge in [0.15, 0.2) is 17.5 Å². The number of aromatic nitrogens is 21. The molecule has 9 saturated heterocycles. The Bertz CT molecular complexity index is 5960. The molecule has 9 aliphatic rings. The second kappa shape index (κ2) is 33.2. The van der Waals surface area contributed by atoms with Gasteiger partial charge in [-0.1, -0.05) is 24.3 Å². The molecule has 3 N–H and O–H groups in total. The van der Waals surface area contributed by atoms with Crippen molar-refractivity contribution in [2.45, 2.75) is 136 Å². The molecule has 6 unspecified atom stereocenters. The number of fused-ring (bicyclic) bond motifs is 6. The molecule has 0 amide bonds. The summed E-state index contributed by atoms with van der Waals surface area (Å²) in [5.74, 6) is 5.17. The Morgan fingerprint density at radius 3 is 1.05 bits per heavy atom. The lowest BCUT2D eigenvalue weighted by Crippen LogP contribution is -2.68. The fourth-order valence-electron chi connectivity index (χ4n) is 17.5. The van der Waals surface area contributed by atoms with Crippen molar-refractivity contribution in [1.29, 1.82) is 0 Å². The molecule has 6 bridgehead atoms. The van der Waals surface area contributed by atoms with E-state index < -0.39 is 0 Å². The van der Waals surface area contributed by atoms with E-state index in [1.807, 2.05) is 138 Å². The number of rotatable bonds is 21. The van der Waals surface area contributed by atoms with E-state index in [1.54, 1.807) is 17.5 Å². The summed E-state index contributed by atoms with van der Waals surface area (Å²) in [4.78, 5) is 80.8. The highest BCUT2D eigenvalue weighted by Gasteiger charge is 2.47. The number of thiazole rings is 1. The van der Waals surface area contributed by atoms with Gasteiger partial charge in [-0.15, -0.1) is 11.3 Å². The number of H-pyrrole nitrogens is 3. The summed E-state index contributed by atoms with van der Waals surface area (Å²) in [5.41, 5.74) is 26.0. The molecule has 9 fully saturated rings. The predicted molar refractivity (Wildman–Crippen MR) is 460 cm³/mol. The third-order valence-corrected chi connectivity index (χ3v) is 24.1. The van der Waals surface area contributed by atoms with Crippen LogP contribution in [0.15, 0.2) is 200 Å². The summed E-state index contributed by atoms with van der Waals surface area (Å²) in [6, 6.07) is 51.0. The van der Waals surface area contributed by atoms with Crippen LogP contribution in [0.1, 0.15) is 104 Å². The fourth-order valence-corrected chi connectivity index (χ4v) is 18.1. The lowest BCUT2D eigenvalue weighted by atomic mass is 9.87. The van der Waals surface area contributed by atoms with Gasteiger partial charge in [0.2, 0.25) is 0 Å². The van der Waals surface area contributed by atoms with E-state index in [1.165, 1.54) is 36.0 Å². The molecule has 24 heterocycles. The van der Waals surface area contributed by atoms with Gasteiger partial charge in [-0.3, -0.25) is 49.9 Å². The second-order valence-corrected chi connectivity index (χ2v) is 33.2. The van der Waals surface area contributed by atoms with Crippen molar-refractivity contribution < 1.29 is 0 Å². The molecular weight excluding hydrogens is 1500 g/mol. The van der Waals surface area contributed by atoms with Crippen LogP contribution >= 0.6 is 11.3 Å². The Morgan fingerprint density at radius 1 is 0.353 bits per heavy atom. The Kier molecular flexibility index (Phi) is 21.3. The van der Waals surface area contributed by atoms with Crippen molar-refractivity contribution in [3.63, 3.8) is 0 Å². The molecule has 24 rings (SSSR count). The second-order valence-electron chi connectivity index (χ2n) is 32.5. The predicted octanol–water partition coefficient (Wildman–Crippen LogP) is 13.2. The number of piperidine rings is 3. The van der Waals surface area contributed by atoms with Gasteiger partial charge < -0.3 is 19.3 Å². The zero-order chi connectivity index (χ0) is 80.6. The Morgan fingerprint density at radius 2 is 0.739 bits per heavy atom. The van der Waals surface area contributed by atoms with Crippen molar-refractivity contribution in [2.24, 2.45) is 7.05 Å². The SMILES string of the molecule is Cc1cc(Cc2cc(C)[nH]n2)nc(-c2ccc(N3CC4CC(C3)N4Cc3ccc(-c4ccccn4)nc3)nc2)n1.Cc1cc(Cc2cc(C)[nH]n2)nc(-c2ccc(N3CC4CC(C3)N4Cc3ccc(-c4cccn4C)nc3)nc2)n1.Cc1cc(Cc2cc(C)[nH]n2)nc(-c2ccc(N3CC4CC(C3)N4Cc3ccc(-c4cscn4)nc3)nc2)n1. The molecule has 0 radical (unpaired) electrons. The van der Waals surface area contributed by atoms with E-state index in [9.17, 15) is 0 Å². The topological polar surface area (TPSA) is 291 Å². The molecule has 28 heteroatoms. The Balaban J connectivity index is 0.000000118. The number of hydrogen-bond acceptors (Lipinski definition) is 24. The van der Waals surface area contributed by atoms with E-state index in [0.717, 1.165) is 196 Å². The number of hydrogen-bond donors (Lipinski definition) is 3. The van der Waals surface area contributed by atoms with Crippen LogP contribution in [0.3, 0.4) is 0 Å². The number of pyridine rings is 7. The monoisotopic (exact) mass is 1600 g/mol. The summed E-state index contributed by atoms with van der Waals surface area (Å²) in [7, 11) is 2.05. The molecular formula is C91H93N27S. The van der Waals surface area contributed by atoms with Gasteiger partial charge in [-0.2, -0.15) is 15.3 Å². The first-order chi connectivity index (χ1) is 58.1. The summed E-state index contributed by atoms with van der Waals surface area (Å²) >= 11 is 1.59. The highest BCUT2D eigenvalue weighted by molar-refractivity contribution is 7.07. The van der Waals surface area contributed by atoms with Crippen LogP contribution in [-0.2, 0) is 45.9 Å². The van der Waals surface area contributed by atoms with Crippen LogP contribution in [0.25, 0.3) is 68.3 Å². The number of nitrogens with one attached hydrogen (secondary N) is 3. The normalized spacial score (nSPS) is 18.6. The molecule has 15 aromatic heterocycles. The van der Waals surface area contributed by atoms with E-state index in [0.29, 0.717) is 73.0 Å². The zero-order valence-corrected chi connectivity index (χ0v) is 68.6. The van der Waals surface area contributed by atoms with Crippen molar-refractivity contribution in [3.05, 3.63) is 285 Å². The van der Waals surface area contributed by atoms with Gasteiger partial charge in [0, 0.05) is 227 Å². The largest absolute Gasteiger partial charge is 0.353 e. The van der Waals surface area contributed by atoms with E-state index in [4.69, 9.17) is 34.9 Å². The van der Waals surface area contributed by atoms with Crippen molar-refractivity contribution in [3.8, 4) is 68.3 Å². The lowest BCUT2D eigenvalue weighted by molar-refractivity contribution is -0.00877. The minimum absolute atomic E-state index is 0.532. The van der Waals surface area contributed by atoms with Crippen LogP contribution < -0.4 is 14.7 Å². The van der Waals surface area contributed by atoms with Gasteiger partial charge in [0.05, 0.1) is 73.8 Å². The van der Waals surface area contributed by atoms with Crippen LogP contribution in [0.2, 0.25) is 0 Å². The molecule has 6 atom stereocenters. The minimum Gasteiger partial charge on any atom is -0.353 e.